The lowest BCUT2D eigenvalue weighted by Crippen LogP contribution is -2.59. The van der Waals surface area contributed by atoms with Gasteiger partial charge in [-0.1, -0.05) is 26.0 Å². The zero-order valence-electron chi connectivity index (χ0n) is 18.0. The number of amides is 3. The van der Waals surface area contributed by atoms with Crippen LogP contribution in [0.15, 0.2) is 24.3 Å². The summed E-state index contributed by atoms with van der Waals surface area (Å²) < 4.78 is 0. The normalized spacial score (nSPS) is 13.8. The third-order valence-electron chi connectivity index (χ3n) is 4.66. The maximum Gasteiger partial charge on any atom is 0.327 e. The van der Waals surface area contributed by atoms with Crippen LogP contribution in [0.25, 0.3) is 0 Å². The molecule has 5 N–H and O–H groups in total. The minimum atomic E-state index is -1.52. The maximum absolute atomic E-state index is 13.3. The molecule has 0 saturated heterocycles. The minimum absolute atomic E-state index is 0.00546. The first-order valence-corrected chi connectivity index (χ1v) is 11.3. The molecule has 0 aliphatic heterocycles. The van der Waals surface area contributed by atoms with Crippen molar-refractivity contribution >= 4 is 36.0 Å². The molecule has 172 valence electrons. The first kappa shape index (κ1) is 26.4. The summed E-state index contributed by atoms with van der Waals surface area (Å²) in [6, 6.07) is 2.17. The summed E-state index contributed by atoms with van der Waals surface area (Å²) in [5.74, 6) is -2.40. The number of aliphatic carboxylic acids is 1. The van der Waals surface area contributed by atoms with Gasteiger partial charge in [0.2, 0.25) is 12.3 Å². The number of rotatable bonds is 13. The van der Waals surface area contributed by atoms with Gasteiger partial charge in [-0.05, 0) is 48.5 Å². The number of carbonyl (C=O) groups is 4. The molecule has 0 aliphatic rings. The van der Waals surface area contributed by atoms with Gasteiger partial charge in [0.1, 0.15) is 17.8 Å². The van der Waals surface area contributed by atoms with Gasteiger partial charge in [0.05, 0.1) is 6.04 Å². The van der Waals surface area contributed by atoms with Gasteiger partial charge in [0, 0.05) is 6.42 Å². The standard InChI is InChI=1S/C21H31N3O6S/c1-13(2)10-16(22)19(27)24(20(28)17(23-12-25)8-9-31-3)18(21(29)30)11-14-4-6-15(26)7-5-14/h4-7,12-13,16-18,26H,8-11,22H2,1-3H3,(H,23,25)(H,29,30). The molecule has 0 heterocycles. The molecule has 1 aromatic carbocycles. The Morgan fingerprint density at radius 1 is 1.19 bits per heavy atom. The van der Waals surface area contributed by atoms with Gasteiger partial charge >= 0.3 is 5.97 Å². The molecule has 0 bridgehead atoms. The lowest BCUT2D eigenvalue weighted by Gasteiger charge is -2.32. The molecule has 3 amide bonds. The van der Waals surface area contributed by atoms with Crippen molar-refractivity contribution in [2.45, 2.75) is 51.2 Å². The topological polar surface area (TPSA) is 150 Å². The van der Waals surface area contributed by atoms with E-state index in [0.717, 1.165) is 0 Å². The van der Waals surface area contributed by atoms with Gasteiger partial charge in [-0.15, -0.1) is 0 Å². The lowest BCUT2D eigenvalue weighted by molar-refractivity contribution is -0.160. The van der Waals surface area contributed by atoms with E-state index in [1.165, 1.54) is 36.0 Å². The molecular weight excluding hydrogens is 422 g/mol. The Hall–Kier alpha value is -2.59. The Morgan fingerprint density at radius 3 is 2.29 bits per heavy atom. The highest BCUT2D eigenvalue weighted by Crippen LogP contribution is 2.18. The van der Waals surface area contributed by atoms with Crippen LogP contribution < -0.4 is 11.1 Å². The van der Waals surface area contributed by atoms with E-state index < -0.39 is 35.9 Å². The van der Waals surface area contributed by atoms with E-state index in [-0.39, 0.29) is 30.9 Å². The van der Waals surface area contributed by atoms with E-state index in [4.69, 9.17) is 5.73 Å². The Bertz CT molecular complexity index is 756. The van der Waals surface area contributed by atoms with E-state index in [2.05, 4.69) is 5.32 Å². The quantitative estimate of drug-likeness (QED) is 0.323. The number of aromatic hydroxyl groups is 1. The Kier molecular flexibility index (Phi) is 11.1. The molecule has 31 heavy (non-hydrogen) atoms. The molecule has 3 atom stereocenters. The molecular formula is C21H31N3O6S. The second kappa shape index (κ2) is 13.0. The number of benzene rings is 1. The number of nitrogens with zero attached hydrogens (tertiary/aromatic N) is 1. The fourth-order valence-electron chi connectivity index (χ4n) is 3.11. The van der Waals surface area contributed by atoms with Crippen LogP contribution in [0.2, 0.25) is 0 Å². The number of nitrogens with one attached hydrogen (secondary N) is 1. The van der Waals surface area contributed by atoms with Crippen molar-refractivity contribution < 1.29 is 29.4 Å². The van der Waals surface area contributed by atoms with Crippen LogP contribution >= 0.6 is 11.8 Å². The van der Waals surface area contributed by atoms with Crippen LogP contribution in [0.3, 0.4) is 0 Å². The third kappa shape index (κ3) is 8.22. The smallest absolute Gasteiger partial charge is 0.327 e. The van der Waals surface area contributed by atoms with Crippen LogP contribution in [-0.4, -0.2) is 69.4 Å². The molecule has 10 heteroatoms. The number of phenolic OH excluding ortho intramolecular Hbond substituents is 1. The summed E-state index contributed by atoms with van der Waals surface area (Å²) in [5.41, 5.74) is 6.53. The number of imide groups is 1. The van der Waals surface area contributed by atoms with Gasteiger partial charge in [0.25, 0.3) is 5.91 Å². The monoisotopic (exact) mass is 453 g/mol. The maximum atomic E-state index is 13.3. The van der Waals surface area contributed by atoms with E-state index in [1.807, 2.05) is 20.1 Å². The first-order chi connectivity index (χ1) is 14.6. The second-order valence-electron chi connectivity index (χ2n) is 7.63. The second-order valence-corrected chi connectivity index (χ2v) is 8.61. The number of phenols is 1. The van der Waals surface area contributed by atoms with Crippen molar-refractivity contribution in [1.82, 2.24) is 10.2 Å². The number of nitrogens with two attached hydrogens (primary N) is 1. The predicted octanol–water partition coefficient (Wildman–Crippen LogP) is 0.984. The summed E-state index contributed by atoms with van der Waals surface area (Å²) in [4.78, 5) is 50.3. The van der Waals surface area contributed by atoms with Crippen molar-refractivity contribution in [2.24, 2.45) is 11.7 Å². The Labute approximate surface area is 186 Å². The molecule has 0 saturated carbocycles. The van der Waals surface area contributed by atoms with E-state index in [1.54, 1.807) is 0 Å². The summed E-state index contributed by atoms with van der Waals surface area (Å²) >= 11 is 1.45. The Morgan fingerprint density at radius 2 is 1.81 bits per heavy atom. The van der Waals surface area contributed by atoms with Gasteiger partial charge in [-0.25, -0.2) is 4.79 Å². The number of carboxylic acid groups (broad SMARTS) is 1. The number of carbonyl (C=O) groups excluding carboxylic acids is 3. The first-order valence-electron chi connectivity index (χ1n) is 9.94. The van der Waals surface area contributed by atoms with Crippen molar-refractivity contribution in [1.29, 1.82) is 0 Å². The molecule has 3 unspecified atom stereocenters. The van der Waals surface area contributed by atoms with Crippen molar-refractivity contribution in [3.05, 3.63) is 29.8 Å². The number of thioether (sulfide) groups is 1. The molecule has 1 aromatic rings. The SMILES string of the molecule is CSCCC(NC=O)C(=O)N(C(=O)C(N)CC(C)C)C(Cc1ccc(O)cc1)C(=O)O. The van der Waals surface area contributed by atoms with Crippen LogP contribution in [0.4, 0.5) is 0 Å². The lowest BCUT2D eigenvalue weighted by atomic mass is 9.99. The average molecular weight is 454 g/mol. The molecule has 0 spiro atoms. The van der Waals surface area contributed by atoms with Crippen molar-refractivity contribution in [3.63, 3.8) is 0 Å². The number of hydrogen-bond donors (Lipinski definition) is 4. The van der Waals surface area contributed by atoms with E-state index in [0.29, 0.717) is 22.6 Å². The van der Waals surface area contributed by atoms with Gasteiger partial charge < -0.3 is 21.3 Å². The van der Waals surface area contributed by atoms with Crippen molar-refractivity contribution in [3.8, 4) is 5.75 Å². The fraction of sp³-hybridized carbons (Fsp3) is 0.524. The highest BCUT2D eigenvalue weighted by Gasteiger charge is 2.40. The highest BCUT2D eigenvalue weighted by atomic mass is 32.2. The van der Waals surface area contributed by atoms with Crippen LogP contribution in [0.1, 0.15) is 32.3 Å². The third-order valence-corrected chi connectivity index (χ3v) is 5.30. The number of carboxylic acids is 1. The molecule has 0 fully saturated rings. The van der Waals surface area contributed by atoms with E-state index >= 15 is 0 Å². The molecule has 0 aromatic heterocycles. The highest BCUT2D eigenvalue weighted by molar-refractivity contribution is 7.98. The van der Waals surface area contributed by atoms with Crippen LogP contribution in [0.5, 0.6) is 5.75 Å². The fourth-order valence-corrected chi connectivity index (χ4v) is 3.58. The molecule has 0 radical (unpaired) electrons. The zero-order chi connectivity index (χ0) is 23.6. The summed E-state index contributed by atoms with van der Waals surface area (Å²) in [6.07, 6.45) is 2.51. The summed E-state index contributed by atoms with van der Waals surface area (Å²) in [6.45, 7) is 3.72. The predicted molar refractivity (Wildman–Crippen MR) is 119 cm³/mol. The van der Waals surface area contributed by atoms with Crippen LogP contribution in [0, 0.1) is 5.92 Å². The number of hydrogen-bond acceptors (Lipinski definition) is 7. The Balaban J connectivity index is 3.36. The molecule has 1 rings (SSSR count). The van der Waals surface area contributed by atoms with Gasteiger partial charge in [0.15, 0.2) is 0 Å². The van der Waals surface area contributed by atoms with Gasteiger partial charge in [-0.2, -0.15) is 11.8 Å². The average Bonchev–Trinajstić information content (AvgIpc) is 2.71. The van der Waals surface area contributed by atoms with Crippen LogP contribution in [-0.2, 0) is 25.6 Å². The van der Waals surface area contributed by atoms with E-state index in [9.17, 15) is 29.4 Å². The van der Waals surface area contributed by atoms with Crippen molar-refractivity contribution in [2.75, 3.05) is 12.0 Å². The van der Waals surface area contributed by atoms with Gasteiger partial charge in [-0.3, -0.25) is 19.3 Å². The minimum Gasteiger partial charge on any atom is -0.508 e. The molecule has 9 nitrogen and oxygen atoms in total. The largest absolute Gasteiger partial charge is 0.508 e. The zero-order valence-corrected chi connectivity index (χ0v) is 18.8. The summed E-state index contributed by atoms with van der Waals surface area (Å²) in [7, 11) is 0. The summed E-state index contributed by atoms with van der Waals surface area (Å²) in [5, 5.41) is 21.7. The molecule has 0 aliphatic carbocycles.